The molecule has 0 spiro atoms. The molecule has 5 rings (SSSR count). The maximum absolute atomic E-state index is 14.7. The van der Waals surface area contributed by atoms with E-state index in [0.29, 0.717) is 64.7 Å². The van der Waals surface area contributed by atoms with E-state index in [1.54, 1.807) is 10.0 Å². The Balaban J connectivity index is 1.52. The second-order valence-corrected chi connectivity index (χ2v) is 19.5. The van der Waals surface area contributed by atoms with Crippen molar-refractivity contribution in [3.63, 3.8) is 0 Å². The average molecular weight is 1010 g/mol. The van der Waals surface area contributed by atoms with Crippen LogP contribution in [0.5, 0.6) is 0 Å². The van der Waals surface area contributed by atoms with Gasteiger partial charge in [0.1, 0.15) is 18.1 Å². The van der Waals surface area contributed by atoms with Gasteiger partial charge < -0.3 is 37.4 Å². The van der Waals surface area contributed by atoms with Gasteiger partial charge in [0.2, 0.25) is 17.7 Å². The summed E-state index contributed by atoms with van der Waals surface area (Å²) in [7, 11) is 0. The number of hydrazine groups is 3. The lowest BCUT2D eigenvalue weighted by atomic mass is 10.0. The normalized spacial score (nSPS) is 19.0. The molecule has 2 aromatic carbocycles. The van der Waals surface area contributed by atoms with E-state index in [1.165, 1.54) is 5.01 Å². The summed E-state index contributed by atoms with van der Waals surface area (Å²) in [5.74, 6) is -3.12. The van der Waals surface area contributed by atoms with Crippen molar-refractivity contribution in [3.8, 4) is 0 Å². The quantitative estimate of drug-likeness (QED) is 0.0392. The van der Waals surface area contributed by atoms with Gasteiger partial charge in [0.25, 0.3) is 17.7 Å². The van der Waals surface area contributed by atoms with E-state index in [2.05, 4.69) is 56.0 Å². The van der Waals surface area contributed by atoms with Gasteiger partial charge in [0.05, 0.1) is 19.6 Å². The van der Waals surface area contributed by atoms with E-state index in [4.69, 9.17) is 11.5 Å². The smallest absolute Gasteiger partial charge is 0.257 e. The molecule has 2 aromatic heterocycles. The fourth-order valence-corrected chi connectivity index (χ4v) is 9.30. The third kappa shape index (κ3) is 20.2. The third-order valence-electron chi connectivity index (χ3n) is 13.4. The number of aromatic amines is 2. The number of nitrogens with one attached hydrogen (secondary N) is 8. The van der Waals surface area contributed by atoms with E-state index < -0.39 is 53.6 Å². The van der Waals surface area contributed by atoms with Crippen molar-refractivity contribution in [2.75, 3.05) is 52.4 Å². The number of amides is 6. The lowest BCUT2D eigenvalue weighted by Crippen LogP contribution is -2.58. The third-order valence-corrected chi connectivity index (χ3v) is 13.4. The Hall–Kier alpha value is -5.86. The first kappa shape index (κ1) is 58.0. The summed E-state index contributed by atoms with van der Waals surface area (Å²) in [6.07, 6.45) is 18.1. The van der Waals surface area contributed by atoms with E-state index >= 15 is 0 Å². The molecule has 1 aliphatic heterocycles. The fraction of sp³-hybridized carbons (Fsp3) is 0.593. The number of carbonyl (C=O) groups is 6. The molecular weight excluding hydrogens is 927 g/mol. The van der Waals surface area contributed by atoms with Crippen molar-refractivity contribution in [2.24, 2.45) is 11.5 Å². The van der Waals surface area contributed by atoms with Gasteiger partial charge in [-0.05, 0) is 81.3 Å². The zero-order valence-electron chi connectivity index (χ0n) is 43.5. The summed E-state index contributed by atoms with van der Waals surface area (Å²) in [4.78, 5) is 92.9. The lowest BCUT2D eigenvalue weighted by molar-refractivity contribution is -0.136. The predicted octanol–water partition coefficient (Wildman–Crippen LogP) is 4.49. The number of unbranched alkanes of at least 4 members (excludes halogenated alkanes) is 12. The molecule has 402 valence electrons. The molecule has 0 radical (unpaired) electrons. The number of H-pyrrole nitrogens is 2. The lowest BCUT2D eigenvalue weighted by Gasteiger charge is -2.28. The van der Waals surface area contributed by atoms with Crippen molar-refractivity contribution in [1.82, 2.24) is 57.2 Å². The molecule has 3 atom stereocenters. The van der Waals surface area contributed by atoms with Gasteiger partial charge in [-0.25, -0.2) is 15.0 Å². The fourth-order valence-electron chi connectivity index (χ4n) is 9.30. The number of para-hydroxylation sites is 2. The molecular formula is C54H85N13O6. The van der Waals surface area contributed by atoms with Crippen LogP contribution in [-0.2, 0) is 41.6 Å². The molecule has 3 heterocycles. The Morgan fingerprint density at radius 1 is 0.452 bits per heavy atom. The Morgan fingerprint density at radius 2 is 0.808 bits per heavy atom. The second kappa shape index (κ2) is 32.4. The molecule has 1 saturated heterocycles. The zero-order chi connectivity index (χ0) is 52.2. The summed E-state index contributed by atoms with van der Waals surface area (Å²) >= 11 is 0. The van der Waals surface area contributed by atoms with Crippen LogP contribution in [0.25, 0.3) is 21.8 Å². The molecule has 0 aliphatic carbocycles. The van der Waals surface area contributed by atoms with Gasteiger partial charge in [-0.3, -0.25) is 45.0 Å². The Kier molecular flexibility index (Phi) is 25.7. The van der Waals surface area contributed by atoms with Gasteiger partial charge in [-0.2, -0.15) is 0 Å². The standard InChI is InChI=1S/C54H85N13O6/c1-3-5-7-9-11-20-30-65-37-49(68)59-46(27-17-18-28-55)52(71)62-67(32-22-19-29-56)39-51(70)61-48(34-41-36-58-45-26-16-14-24-43(41)45)54(73)64-66(31-21-12-10-8-6-4-2)38-50(69)60-47(53(72)63-65)33-40-35-57-44-25-15-13-23-42(40)44/h13-16,23-26,35-36,46-48,57-58H,3-12,17-22,27-34,37-39,55-56H2,1-2H3,(H,59,68)(H,60,69)(H,61,70)(H,62,71)(H,63,72)(H,64,73)/t46-,47-,48-/m0/s1. The minimum Gasteiger partial charge on any atom is -0.361 e. The Labute approximate surface area is 431 Å². The minimum atomic E-state index is -1.11. The average Bonchev–Trinajstić information content (AvgIpc) is 3.98. The first-order chi connectivity index (χ1) is 35.5. The highest BCUT2D eigenvalue weighted by Gasteiger charge is 2.31. The molecule has 19 heteroatoms. The number of aromatic nitrogens is 2. The highest BCUT2D eigenvalue weighted by molar-refractivity contribution is 5.93. The van der Waals surface area contributed by atoms with Crippen LogP contribution in [0.3, 0.4) is 0 Å². The largest absolute Gasteiger partial charge is 0.361 e. The van der Waals surface area contributed by atoms with Crippen LogP contribution in [0.15, 0.2) is 60.9 Å². The highest BCUT2D eigenvalue weighted by Crippen LogP contribution is 2.21. The Morgan fingerprint density at radius 3 is 1.23 bits per heavy atom. The molecule has 1 aliphatic rings. The number of carbonyl (C=O) groups excluding carboxylic acids is 6. The zero-order valence-corrected chi connectivity index (χ0v) is 43.5. The van der Waals surface area contributed by atoms with Crippen molar-refractivity contribution in [3.05, 3.63) is 72.1 Å². The number of benzene rings is 2. The van der Waals surface area contributed by atoms with Gasteiger partial charge in [0.15, 0.2) is 0 Å². The van der Waals surface area contributed by atoms with E-state index in [1.807, 2.05) is 60.9 Å². The van der Waals surface area contributed by atoms with Crippen molar-refractivity contribution >= 4 is 57.2 Å². The van der Waals surface area contributed by atoms with Crippen LogP contribution in [0.1, 0.15) is 134 Å². The van der Waals surface area contributed by atoms with Crippen molar-refractivity contribution in [1.29, 1.82) is 0 Å². The molecule has 19 nitrogen and oxygen atoms in total. The Bertz CT molecular complexity index is 2320. The number of fused-ring (bicyclic) bond motifs is 2. The topological polar surface area (TPSA) is 268 Å². The summed E-state index contributed by atoms with van der Waals surface area (Å²) in [6, 6.07) is 12.2. The monoisotopic (exact) mass is 1010 g/mol. The molecule has 0 saturated carbocycles. The second-order valence-electron chi connectivity index (χ2n) is 19.5. The molecule has 0 unspecified atom stereocenters. The van der Waals surface area contributed by atoms with Gasteiger partial charge in [0, 0.05) is 66.7 Å². The number of hydrogen-bond acceptors (Lipinski definition) is 11. The van der Waals surface area contributed by atoms with Crippen LogP contribution in [0.4, 0.5) is 0 Å². The van der Waals surface area contributed by atoms with Crippen LogP contribution in [0.2, 0.25) is 0 Å². The number of hydrogen-bond donors (Lipinski definition) is 10. The molecule has 12 N–H and O–H groups in total. The van der Waals surface area contributed by atoms with Gasteiger partial charge in [-0.1, -0.05) is 114 Å². The van der Waals surface area contributed by atoms with Gasteiger partial charge in [-0.15, -0.1) is 0 Å². The molecule has 4 aromatic rings. The molecule has 1 fully saturated rings. The van der Waals surface area contributed by atoms with Crippen LogP contribution in [-0.4, -0.2) is 131 Å². The summed E-state index contributed by atoms with van der Waals surface area (Å²) in [5.41, 5.74) is 23.9. The summed E-state index contributed by atoms with van der Waals surface area (Å²) in [6.45, 7) is 5.17. The predicted molar refractivity (Wildman–Crippen MR) is 287 cm³/mol. The van der Waals surface area contributed by atoms with Crippen molar-refractivity contribution in [2.45, 2.75) is 154 Å². The van der Waals surface area contributed by atoms with E-state index in [9.17, 15) is 28.8 Å². The highest BCUT2D eigenvalue weighted by atomic mass is 16.2. The maximum atomic E-state index is 14.7. The summed E-state index contributed by atoms with van der Waals surface area (Å²) in [5, 5.41) is 15.3. The van der Waals surface area contributed by atoms with E-state index in [-0.39, 0.29) is 45.4 Å². The van der Waals surface area contributed by atoms with Gasteiger partial charge >= 0.3 is 0 Å². The molecule has 6 amide bonds. The number of rotatable bonds is 26. The van der Waals surface area contributed by atoms with Crippen LogP contribution < -0.4 is 43.7 Å². The first-order valence-corrected chi connectivity index (χ1v) is 27.1. The maximum Gasteiger partial charge on any atom is 0.257 e. The SMILES string of the molecule is CCCCCCCCN1CC(=O)N[C@@H](Cc2c[nH]c3ccccc23)C(=O)NN(CCCCCCCC)CC(=O)N[C@@H](CCCCN)C(=O)NN(CCCCN)CC(=O)N[C@@H](Cc2c[nH]c3ccccc23)C(=O)N1. The molecule has 0 bridgehead atoms. The van der Waals surface area contributed by atoms with E-state index in [0.717, 1.165) is 97.1 Å². The molecule has 73 heavy (non-hydrogen) atoms. The first-order valence-electron chi connectivity index (χ1n) is 27.1. The van der Waals surface area contributed by atoms with Crippen LogP contribution in [0, 0.1) is 0 Å². The van der Waals surface area contributed by atoms with Crippen molar-refractivity contribution < 1.29 is 28.8 Å². The summed E-state index contributed by atoms with van der Waals surface area (Å²) < 4.78 is 0. The number of nitrogens with two attached hydrogens (primary N) is 2. The number of nitrogens with zero attached hydrogens (tertiary/aromatic N) is 3. The minimum absolute atomic E-state index is 0.107. The van der Waals surface area contributed by atoms with Crippen LogP contribution >= 0.6 is 0 Å².